The lowest BCUT2D eigenvalue weighted by Gasteiger charge is -2.18. The minimum atomic E-state index is 0.529. The van der Waals surface area contributed by atoms with E-state index in [2.05, 4.69) is 38.0 Å². The number of hydrogen-bond acceptors (Lipinski definition) is 3. The van der Waals surface area contributed by atoms with Crippen molar-refractivity contribution in [3.8, 4) is 0 Å². The highest BCUT2D eigenvalue weighted by atomic mass is 32.2. The van der Waals surface area contributed by atoms with Gasteiger partial charge in [0.1, 0.15) is 0 Å². The predicted octanol–water partition coefficient (Wildman–Crippen LogP) is 2.89. The van der Waals surface area contributed by atoms with E-state index in [0.29, 0.717) is 12.0 Å². The summed E-state index contributed by atoms with van der Waals surface area (Å²) in [5.41, 5.74) is 0. The molecule has 2 nitrogen and oxygen atoms in total. The lowest BCUT2D eigenvalue weighted by atomic mass is 10.1. The molecule has 82 valence electrons. The third-order valence-corrected chi connectivity index (χ3v) is 3.87. The monoisotopic (exact) mass is 214 g/mol. The highest BCUT2D eigenvalue weighted by Gasteiger charge is 2.20. The van der Waals surface area contributed by atoms with E-state index in [9.17, 15) is 0 Å². The number of aliphatic imine (C=N–C) groups is 1. The molecule has 0 fully saturated rings. The molecule has 0 saturated carbocycles. The molecule has 1 aliphatic rings. The van der Waals surface area contributed by atoms with Crippen molar-refractivity contribution in [3.05, 3.63) is 0 Å². The molecule has 0 aromatic rings. The van der Waals surface area contributed by atoms with E-state index in [4.69, 9.17) is 0 Å². The highest BCUT2D eigenvalue weighted by molar-refractivity contribution is 8.14. The Morgan fingerprint density at radius 1 is 1.50 bits per heavy atom. The fraction of sp³-hybridized carbons (Fsp3) is 0.909. The smallest absolute Gasteiger partial charge is 0.157 e. The second-order valence-corrected chi connectivity index (χ2v) is 5.64. The summed E-state index contributed by atoms with van der Waals surface area (Å²) in [4.78, 5) is 4.53. The maximum absolute atomic E-state index is 4.53. The molecule has 1 rings (SSSR count). The van der Waals surface area contributed by atoms with Crippen LogP contribution in [0.15, 0.2) is 4.99 Å². The Bertz CT molecular complexity index is 201. The van der Waals surface area contributed by atoms with Crippen molar-refractivity contribution in [3.63, 3.8) is 0 Å². The molecule has 0 aliphatic carbocycles. The molecule has 0 bridgehead atoms. The van der Waals surface area contributed by atoms with Crippen LogP contribution in [0.3, 0.4) is 0 Å². The quantitative estimate of drug-likeness (QED) is 0.778. The van der Waals surface area contributed by atoms with E-state index in [1.165, 1.54) is 12.8 Å². The van der Waals surface area contributed by atoms with Crippen LogP contribution in [0.2, 0.25) is 0 Å². The standard InChI is InChI=1S/C11H22N2S/c1-5-6-10-7-12-11(14-10)13-9(4)8(2)3/h8-10H,5-7H2,1-4H3,(H,12,13). The number of nitrogens with zero attached hydrogens (tertiary/aromatic N) is 1. The van der Waals surface area contributed by atoms with Crippen molar-refractivity contribution < 1.29 is 0 Å². The van der Waals surface area contributed by atoms with Crippen LogP contribution < -0.4 is 5.32 Å². The van der Waals surface area contributed by atoms with Crippen LogP contribution in [0.5, 0.6) is 0 Å². The molecule has 1 N–H and O–H groups in total. The molecule has 1 heterocycles. The predicted molar refractivity (Wildman–Crippen MR) is 66.0 cm³/mol. The van der Waals surface area contributed by atoms with Crippen LogP contribution in [0.1, 0.15) is 40.5 Å². The first kappa shape index (κ1) is 11.9. The van der Waals surface area contributed by atoms with Gasteiger partial charge in [0.15, 0.2) is 5.17 Å². The third-order valence-electron chi connectivity index (χ3n) is 2.68. The van der Waals surface area contributed by atoms with Gasteiger partial charge in [0.05, 0.1) is 6.54 Å². The van der Waals surface area contributed by atoms with Crippen LogP contribution in [0.4, 0.5) is 0 Å². The first-order valence-electron chi connectivity index (χ1n) is 5.61. The van der Waals surface area contributed by atoms with Crippen molar-refractivity contribution in [2.45, 2.75) is 51.8 Å². The van der Waals surface area contributed by atoms with Gasteiger partial charge in [-0.15, -0.1) is 0 Å². The topological polar surface area (TPSA) is 24.4 Å². The molecule has 2 atom stereocenters. The first-order valence-corrected chi connectivity index (χ1v) is 6.49. The molecule has 0 radical (unpaired) electrons. The molecule has 0 amide bonds. The number of hydrogen-bond donors (Lipinski definition) is 1. The maximum Gasteiger partial charge on any atom is 0.157 e. The van der Waals surface area contributed by atoms with Gasteiger partial charge in [-0.1, -0.05) is 39.0 Å². The highest BCUT2D eigenvalue weighted by Crippen LogP contribution is 2.24. The summed E-state index contributed by atoms with van der Waals surface area (Å²) in [6.45, 7) is 9.94. The fourth-order valence-electron chi connectivity index (χ4n) is 1.33. The van der Waals surface area contributed by atoms with Crippen molar-refractivity contribution >= 4 is 16.9 Å². The van der Waals surface area contributed by atoms with Gasteiger partial charge in [-0.3, -0.25) is 4.99 Å². The summed E-state index contributed by atoms with van der Waals surface area (Å²) >= 11 is 1.92. The van der Waals surface area contributed by atoms with Gasteiger partial charge in [0.25, 0.3) is 0 Å². The van der Waals surface area contributed by atoms with Gasteiger partial charge in [-0.25, -0.2) is 0 Å². The van der Waals surface area contributed by atoms with Crippen LogP contribution in [-0.4, -0.2) is 23.0 Å². The van der Waals surface area contributed by atoms with Gasteiger partial charge in [0, 0.05) is 11.3 Å². The van der Waals surface area contributed by atoms with E-state index >= 15 is 0 Å². The normalized spacial score (nSPS) is 23.8. The Morgan fingerprint density at radius 2 is 2.21 bits per heavy atom. The zero-order valence-corrected chi connectivity index (χ0v) is 10.5. The van der Waals surface area contributed by atoms with E-state index in [0.717, 1.165) is 17.0 Å². The lowest BCUT2D eigenvalue weighted by Crippen LogP contribution is -2.34. The zero-order valence-electron chi connectivity index (χ0n) is 9.71. The van der Waals surface area contributed by atoms with Crippen LogP contribution in [0.25, 0.3) is 0 Å². The number of thioether (sulfide) groups is 1. The Morgan fingerprint density at radius 3 is 2.79 bits per heavy atom. The lowest BCUT2D eigenvalue weighted by molar-refractivity contribution is 0.489. The van der Waals surface area contributed by atoms with E-state index in [1.807, 2.05) is 11.8 Å². The molecular formula is C11H22N2S. The number of amidine groups is 1. The Hall–Kier alpha value is -0.180. The average molecular weight is 214 g/mol. The molecule has 3 heteroatoms. The largest absolute Gasteiger partial charge is 0.362 e. The average Bonchev–Trinajstić information content (AvgIpc) is 2.53. The van der Waals surface area contributed by atoms with E-state index in [-0.39, 0.29) is 0 Å². The molecular weight excluding hydrogens is 192 g/mol. The molecule has 0 saturated heterocycles. The van der Waals surface area contributed by atoms with Gasteiger partial charge in [-0.2, -0.15) is 0 Å². The molecule has 1 aliphatic heterocycles. The maximum atomic E-state index is 4.53. The molecule has 0 aromatic heterocycles. The minimum absolute atomic E-state index is 0.529. The van der Waals surface area contributed by atoms with Gasteiger partial charge in [-0.05, 0) is 19.3 Å². The zero-order chi connectivity index (χ0) is 10.6. The van der Waals surface area contributed by atoms with Crippen molar-refractivity contribution in [1.82, 2.24) is 5.32 Å². The van der Waals surface area contributed by atoms with Crippen LogP contribution in [-0.2, 0) is 0 Å². The summed E-state index contributed by atoms with van der Waals surface area (Å²) in [6.07, 6.45) is 2.55. The Balaban J connectivity index is 2.28. The Labute approximate surface area is 92.0 Å². The molecule has 2 unspecified atom stereocenters. The van der Waals surface area contributed by atoms with Crippen LogP contribution >= 0.6 is 11.8 Å². The molecule has 0 aromatic carbocycles. The summed E-state index contributed by atoms with van der Waals surface area (Å²) in [6, 6.07) is 0.529. The number of nitrogens with one attached hydrogen (secondary N) is 1. The summed E-state index contributed by atoms with van der Waals surface area (Å²) in [7, 11) is 0. The van der Waals surface area contributed by atoms with E-state index in [1.54, 1.807) is 0 Å². The van der Waals surface area contributed by atoms with Gasteiger partial charge in [0.2, 0.25) is 0 Å². The second kappa shape index (κ2) is 5.64. The third kappa shape index (κ3) is 3.52. The van der Waals surface area contributed by atoms with Gasteiger partial charge >= 0.3 is 0 Å². The van der Waals surface area contributed by atoms with Crippen molar-refractivity contribution in [2.24, 2.45) is 10.9 Å². The molecule has 0 spiro atoms. The first-order chi connectivity index (χ1) is 6.63. The summed E-state index contributed by atoms with van der Waals surface area (Å²) in [5.74, 6) is 0.670. The van der Waals surface area contributed by atoms with E-state index < -0.39 is 0 Å². The van der Waals surface area contributed by atoms with Crippen LogP contribution in [0, 0.1) is 5.92 Å². The second-order valence-electron chi connectivity index (χ2n) is 4.35. The van der Waals surface area contributed by atoms with Crippen molar-refractivity contribution in [1.29, 1.82) is 0 Å². The number of rotatable bonds is 4. The van der Waals surface area contributed by atoms with Crippen molar-refractivity contribution in [2.75, 3.05) is 6.54 Å². The summed E-state index contributed by atoms with van der Waals surface area (Å²) < 4.78 is 0. The minimum Gasteiger partial charge on any atom is -0.362 e. The SMILES string of the molecule is CCCC1CN=C(NC(C)C(C)C)S1. The summed E-state index contributed by atoms with van der Waals surface area (Å²) in [5, 5.41) is 5.36. The molecule has 14 heavy (non-hydrogen) atoms. The fourth-order valence-corrected chi connectivity index (χ4v) is 2.55. The van der Waals surface area contributed by atoms with Gasteiger partial charge < -0.3 is 5.32 Å². The Kier molecular flexibility index (Phi) is 4.79.